The molecule has 0 heterocycles. The summed E-state index contributed by atoms with van der Waals surface area (Å²) in [4.78, 5) is 24.4. The van der Waals surface area contributed by atoms with E-state index in [0.717, 1.165) is 25.8 Å². The quantitative estimate of drug-likeness (QED) is 0.537. The lowest BCUT2D eigenvalue weighted by Crippen LogP contribution is -2.46. The molecule has 0 aromatic heterocycles. The Morgan fingerprint density at radius 1 is 1.28 bits per heavy atom. The molecule has 3 N–H and O–H groups in total. The van der Waals surface area contributed by atoms with Crippen molar-refractivity contribution in [2.45, 2.75) is 38.6 Å². The lowest BCUT2D eigenvalue weighted by Gasteiger charge is -2.15. The van der Waals surface area contributed by atoms with Gasteiger partial charge in [0.05, 0.1) is 0 Å². The summed E-state index contributed by atoms with van der Waals surface area (Å²) in [5, 5.41) is 14.1. The van der Waals surface area contributed by atoms with Gasteiger partial charge in [0.25, 0.3) is 0 Å². The van der Waals surface area contributed by atoms with E-state index in [1.54, 1.807) is 0 Å². The molecule has 0 aromatic rings. The maximum Gasteiger partial charge on any atom is 0.326 e. The molecule has 0 unspecified atom stereocenters. The van der Waals surface area contributed by atoms with Gasteiger partial charge in [0.15, 0.2) is 0 Å². The Bertz CT molecular complexity index is 257. The van der Waals surface area contributed by atoms with E-state index in [1.807, 2.05) is 25.9 Å². The molecule has 0 bridgehead atoms. The summed E-state index contributed by atoms with van der Waals surface area (Å²) < 4.78 is 0. The molecule has 0 saturated heterocycles. The topological polar surface area (TPSA) is 81.7 Å². The Hall–Kier alpha value is -1.30. The fraction of sp³-hybridized carbons (Fsp3) is 0.833. The lowest BCUT2D eigenvalue weighted by molar-refractivity contribution is -0.139. The molecule has 0 fully saturated rings. The van der Waals surface area contributed by atoms with Crippen LogP contribution in [0.2, 0.25) is 0 Å². The summed E-state index contributed by atoms with van der Waals surface area (Å²) in [5.74, 6) is -0.980. The molecule has 0 rings (SSSR count). The van der Waals surface area contributed by atoms with Crippen LogP contribution in [0.25, 0.3) is 0 Å². The second kappa shape index (κ2) is 9.70. The normalized spacial score (nSPS) is 12.2. The highest BCUT2D eigenvalue weighted by molar-refractivity contribution is 5.82. The Morgan fingerprint density at radius 2 is 1.94 bits per heavy atom. The average molecular weight is 259 g/mol. The summed E-state index contributed by atoms with van der Waals surface area (Å²) in [7, 11) is 3.93. The molecular formula is C12H25N3O3. The summed E-state index contributed by atoms with van der Waals surface area (Å²) in [6, 6.07) is -1.20. The number of unbranched alkanes of at least 4 members (excludes halogenated alkanes) is 1. The lowest BCUT2D eigenvalue weighted by atomic mass is 10.1. The van der Waals surface area contributed by atoms with E-state index in [4.69, 9.17) is 5.11 Å². The summed E-state index contributed by atoms with van der Waals surface area (Å²) in [6.07, 6.45) is 3.01. The van der Waals surface area contributed by atoms with E-state index < -0.39 is 18.0 Å². The Labute approximate surface area is 109 Å². The Kier molecular flexibility index (Phi) is 9.00. The van der Waals surface area contributed by atoms with Crippen LogP contribution >= 0.6 is 0 Å². The van der Waals surface area contributed by atoms with Crippen LogP contribution in [0.4, 0.5) is 4.79 Å². The van der Waals surface area contributed by atoms with Crippen LogP contribution in [0, 0.1) is 0 Å². The van der Waals surface area contributed by atoms with Gasteiger partial charge in [0.1, 0.15) is 6.04 Å². The van der Waals surface area contributed by atoms with Crippen LogP contribution in [-0.4, -0.2) is 55.2 Å². The molecule has 0 radical (unpaired) electrons. The number of rotatable bonds is 9. The number of amides is 2. The van der Waals surface area contributed by atoms with Crippen molar-refractivity contribution in [1.29, 1.82) is 0 Å². The highest BCUT2D eigenvalue weighted by atomic mass is 16.4. The number of carboxylic acid groups (broad SMARTS) is 1. The third-order valence-electron chi connectivity index (χ3n) is 2.52. The molecule has 106 valence electrons. The minimum absolute atomic E-state index is 0.405. The monoisotopic (exact) mass is 259 g/mol. The highest BCUT2D eigenvalue weighted by Gasteiger charge is 2.18. The predicted octanol–water partition coefficient (Wildman–Crippen LogP) is 0.881. The third-order valence-corrected chi connectivity index (χ3v) is 2.52. The van der Waals surface area contributed by atoms with Crippen molar-refractivity contribution >= 4 is 12.0 Å². The van der Waals surface area contributed by atoms with Gasteiger partial charge >= 0.3 is 12.0 Å². The summed E-state index contributed by atoms with van der Waals surface area (Å²) in [6.45, 7) is 3.42. The fourth-order valence-electron chi connectivity index (χ4n) is 1.47. The number of hydrogen-bond acceptors (Lipinski definition) is 3. The van der Waals surface area contributed by atoms with Gasteiger partial charge in [-0.2, -0.15) is 0 Å². The number of carbonyl (C=O) groups excluding carboxylic acids is 1. The first-order valence-electron chi connectivity index (χ1n) is 6.39. The van der Waals surface area contributed by atoms with Gasteiger partial charge in [0.2, 0.25) is 0 Å². The van der Waals surface area contributed by atoms with E-state index in [1.165, 1.54) is 0 Å². The van der Waals surface area contributed by atoms with Crippen molar-refractivity contribution in [3.8, 4) is 0 Å². The number of carbonyl (C=O) groups is 2. The van der Waals surface area contributed by atoms with Gasteiger partial charge in [-0.3, -0.25) is 0 Å². The van der Waals surface area contributed by atoms with Gasteiger partial charge in [0, 0.05) is 6.54 Å². The van der Waals surface area contributed by atoms with Crippen molar-refractivity contribution < 1.29 is 14.7 Å². The van der Waals surface area contributed by atoms with Crippen molar-refractivity contribution in [2.24, 2.45) is 0 Å². The molecule has 0 aliphatic heterocycles. The molecule has 0 aliphatic rings. The minimum Gasteiger partial charge on any atom is -0.480 e. The zero-order valence-electron chi connectivity index (χ0n) is 11.5. The fourth-order valence-corrected chi connectivity index (χ4v) is 1.47. The average Bonchev–Trinajstić information content (AvgIpc) is 2.29. The molecule has 1 atom stereocenters. The maximum absolute atomic E-state index is 11.5. The van der Waals surface area contributed by atoms with E-state index in [2.05, 4.69) is 10.6 Å². The van der Waals surface area contributed by atoms with E-state index in [9.17, 15) is 9.59 Å². The minimum atomic E-state index is -0.980. The Morgan fingerprint density at radius 3 is 2.44 bits per heavy atom. The van der Waals surface area contributed by atoms with Gasteiger partial charge < -0.3 is 20.6 Å². The molecule has 18 heavy (non-hydrogen) atoms. The smallest absolute Gasteiger partial charge is 0.326 e. The van der Waals surface area contributed by atoms with Crippen molar-refractivity contribution in [1.82, 2.24) is 15.5 Å². The van der Waals surface area contributed by atoms with Gasteiger partial charge in [-0.25, -0.2) is 9.59 Å². The third kappa shape index (κ3) is 8.81. The number of nitrogens with zero attached hydrogens (tertiary/aromatic N) is 1. The largest absolute Gasteiger partial charge is 0.480 e. The standard InChI is InChI=1S/C12H25N3O3/c1-4-5-7-10(11(16)17)14-12(18)13-8-6-9-15(2)3/h10H,4-9H2,1-3H3,(H,16,17)(H2,13,14,18)/t10-/m0/s1. The van der Waals surface area contributed by atoms with Gasteiger partial charge in [-0.1, -0.05) is 19.8 Å². The zero-order chi connectivity index (χ0) is 14.0. The van der Waals surface area contributed by atoms with E-state index >= 15 is 0 Å². The maximum atomic E-state index is 11.5. The summed E-state index contributed by atoms with van der Waals surface area (Å²) >= 11 is 0. The molecule has 6 heteroatoms. The second-order valence-corrected chi connectivity index (χ2v) is 4.59. The number of carboxylic acids is 1. The highest BCUT2D eigenvalue weighted by Crippen LogP contribution is 2.00. The van der Waals surface area contributed by atoms with E-state index in [0.29, 0.717) is 13.0 Å². The first kappa shape index (κ1) is 16.7. The number of urea groups is 1. The van der Waals surface area contributed by atoms with Crippen LogP contribution in [0.1, 0.15) is 32.6 Å². The predicted molar refractivity (Wildman–Crippen MR) is 70.7 cm³/mol. The zero-order valence-corrected chi connectivity index (χ0v) is 11.5. The van der Waals surface area contributed by atoms with E-state index in [-0.39, 0.29) is 0 Å². The molecule has 2 amide bonds. The first-order chi connectivity index (χ1) is 8.47. The Balaban J connectivity index is 3.84. The molecule has 0 aromatic carbocycles. The van der Waals surface area contributed by atoms with Gasteiger partial charge in [-0.05, 0) is 33.5 Å². The summed E-state index contributed by atoms with van der Waals surface area (Å²) in [5.41, 5.74) is 0. The van der Waals surface area contributed by atoms with Crippen LogP contribution in [0.3, 0.4) is 0 Å². The molecule has 0 aliphatic carbocycles. The number of nitrogens with one attached hydrogen (secondary N) is 2. The molecular weight excluding hydrogens is 234 g/mol. The van der Waals surface area contributed by atoms with Crippen LogP contribution in [0.5, 0.6) is 0 Å². The van der Waals surface area contributed by atoms with Crippen LogP contribution in [0.15, 0.2) is 0 Å². The van der Waals surface area contributed by atoms with Crippen molar-refractivity contribution in [2.75, 3.05) is 27.2 Å². The van der Waals surface area contributed by atoms with Crippen LogP contribution in [-0.2, 0) is 4.79 Å². The number of hydrogen-bond donors (Lipinski definition) is 3. The second-order valence-electron chi connectivity index (χ2n) is 4.59. The molecule has 0 saturated carbocycles. The first-order valence-corrected chi connectivity index (χ1v) is 6.39. The number of aliphatic carboxylic acids is 1. The van der Waals surface area contributed by atoms with Gasteiger partial charge in [-0.15, -0.1) is 0 Å². The molecule has 0 spiro atoms. The molecule has 6 nitrogen and oxygen atoms in total. The van der Waals surface area contributed by atoms with Crippen molar-refractivity contribution in [3.05, 3.63) is 0 Å². The SMILES string of the molecule is CCCC[C@H](NC(=O)NCCCN(C)C)C(=O)O. The van der Waals surface area contributed by atoms with Crippen molar-refractivity contribution in [3.63, 3.8) is 0 Å². The van der Waals surface area contributed by atoms with Crippen LogP contribution < -0.4 is 10.6 Å².